The highest BCUT2D eigenvalue weighted by molar-refractivity contribution is 7.90. The second kappa shape index (κ2) is 11.4. The molecule has 1 amide bonds. The normalized spacial score (nSPS) is 13.9. The predicted molar refractivity (Wildman–Crippen MR) is 131 cm³/mol. The summed E-state index contributed by atoms with van der Waals surface area (Å²) in [4.78, 5) is 12.3. The van der Waals surface area contributed by atoms with E-state index in [1.807, 2.05) is 4.72 Å². The molecule has 3 aromatic carbocycles. The number of halogens is 4. The number of benzene rings is 3. The van der Waals surface area contributed by atoms with Crippen LogP contribution >= 0.6 is 11.6 Å². The van der Waals surface area contributed by atoms with Crippen LogP contribution in [-0.2, 0) is 16.6 Å². The molecule has 1 aliphatic rings. The van der Waals surface area contributed by atoms with Crippen LogP contribution in [0.4, 0.5) is 13.2 Å². The molecule has 0 radical (unpaired) electrons. The number of amides is 1. The number of ether oxygens (including phenoxy) is 2. The van der Waals surface area contributed by atoms with Gasteiger partial charge in [-0.3, -0.25) is 4.79 Å². The Morgan fingerprint density at radius 3 is 2.32 bits per heavy atom. The molecule has 1 saturated carbocycles. The Bertz CT molecular complexity index is 1390. The van der Waals surface area contributed by atoms with Crippen LogP contribution < -0.4 is 14.2 Å². The fourth-order valence-corrected chi connectivity index (χ4v) is 5.13. The van der Waals surface area contributed by atoms with E-state index in [-0.39, 0.29) is 33.6 Å². The Labute approximate surface area is 217 Å². The quantitative estimate of drug-likeness (QED) is 0.350. The van der Waals surface area contributed by atoms with Gasteiger partial charge < -0.3 is 9.47 Å². The maximum Gasteiger partial charge on any atom is 0.268 e. The van der Waals surface area contributed by atoms with Gasteiger partial charge in [-0.25, -0.2) is 26.3 Å². The first kappa shape index (κ1) is 26.8. The van der Waals surface area contributed by atoms with Crippen molar-refractivity contribution in [3.05, 3.63) is 88.2 Å². The predicted octanol–water partition coefficient (Wildman–Crippen LogP) is 6.02. The standard InChI is InChI=1S/C26H23ClF3NO5S/c27-22-12-21(24(30)13-25(22)36-14-16-3-1-2-4-16)26(32)31-37(33,34)20-9-7-19(8-10-20)35-15-17-5-6-18(28)11-23(17)29/h5-13,16H,1-4,14-15H2,(H,31,32). The molecule has 0 saturated heterocycles. The van der Waals surface area contributed by atoms with Crippen molar-refractivity contribution < 1.29 is 35.9 Å². The maximum absolute atomic E-state index is 14.6. The summed E-state index contributed by atoms with van der Waals surface area (Å²) in [5, 5.41) is -0.0129. The van der Waals surface area contributed by atoms with Gasteiger partial charge in [0.2, 0.25) is 0 Å². The molecule has 0 bridgehead atoms. The van der Waals surface area contributed by atoms with Crippen LogP contribution in [0.2, 0.25) is 5.02 Å². The third-order valence-electron chi connectivity index (χ3n) is 5.99. The minimum Gasteiger partial charge on any atom is -0.492 e. The molecule has 11 heteroatoms. The highest BCUT2D eigenvalue weighted by atomic mass is 35.5. The van der Waals surface area contributed by atoms with Crippen molar-refractivity contribution in [1.82, 2.24) is 4.72 Å². The van der Waals surface area contributed by atoms with Crippen molar-refractivity contribution in [2.75, 3.05) is 6.61 Å². The lowest BCUT2D eigenvalue weighted by atomic mass is 10.1. The molecule has 0 aromatic heterocycles. The summed E-state index contributed by atoms with van der Waals surface area (Å²) < 4.78 is 79.5. The lowest BCUT2D eigenvalue weighted by molar-refractivity contribution is 0.0977. The van der Waals surface area contributed by atoms with Gasteiger partial charge in [0, 0.05) is 17.7 Å². The molecule has 0 heterocycles. The Balaban J connectivity index is 1.39. The van der Waals surface area contributed by atoms with E-state index in [1.54, 1.807) is 0 Å². The van der Waals surface area contributed by atoms with Crippen LogP contribution in [0.1, 0.15) is 41.6 Å². The topological polar surface area (TPSA) is 81.7 Å². The lowest BCUT2D eigenvalue weighted by Gasteiger charge is -2.14. The van der Waals surface area contributed by atoms with Crippen molar-refractivity contribution in [2.24, 2.45) is 5.92 Å². The summed E-state index contributed by atoms with van der Waals surface area (Å²) in [5.41, 5.74) is -0.441. The van der Waals surface area contributed by atoms with Gasteiger partial charge in [-0.15, -0.1) is 0 Å². The molecule has 1 aliphatic carbocycles. The van der Waals surface area contributed by atoms with Gasteiger partial charge in [0.05, 0.1) is 22.1 Å². The summed E-state index contributed by atoms with van der Waals surface area (Å²) in [6.07, 6.45) is 4.29. The van der Waals surface area contributed by atoms with Crippen molar-refractivity contribution in [1.29, 1.82) is 0 Å². The van der Waals surface area contributed by atoms with Crippen molar-refractivity contribution in [2.45, 2.75) is 37.2 Å². The van der Waals surface area contributed by atoms with Gasteiger partial charge in [0.15, 0.2) is 0 Å². The maximum atomic E-state index is 14.6. The highest BCUT2D eigenvalue weighted by Crippen LogP contribution is 2.31. The summed E-state index contributed by atoms with van der Waals surface area (Å²) in [7, 11) is -4.36. The monoisotopic (exact) mass is 553 g/mol. The van der Waals surface area contributed by atoms with Crippen molar-refractivity contribution >= 4 is 27.5 Å². The zero-order valence-electron chi connectivity index (χ0n) is 19.5. The first-order chi connectivity index (χ1) is 17.6. The molecule has 4 rings (SSSR count). The number of carbonyl (C=O) groups excluding carboxylic acids is 1. The Morgan fingerprint density at radius 1 is 0.946 bits per heavy atom. The minimum atomic E-state index is -4.36. The van der Waals surface area contributed by atoms with E-state index < -0.39 is 38.9 Å². The summed E-state index contributed by atoms with van der Waals surface area (Å²) in [5.74, 6) is -3.01. The number of carbonyl (C=O) groups is 1. The number of rotatable bonds is 9. The zero-order chi connectivity index (χ0) is 26.6. The first-order valence-corrected chi connectivity index (χ1v) is 13.3. The number of nitrogens with one attached hydrogen (secondary N) is 1. The molecule has 0 unspecified atom stereocenters. The molecule has 1 N–H and O–H groups in total. The Kier molecular flexibility index (Phi) is 8.29. The lowest BCUT2D eigenvalue weighted by Crippen LogP contribution is -2.31. The van der Waals surface area contributed by atoms with Gasteiger partial charge in [0.25, 0.3) is 15.9 Å². The van der Waals surface area contributed by atoms with Crippen LogP contribution in [0, 0.1) is 23.4 Å². The highest BCUT2D eigenvalue weighted by Gasteiger charge is 2.23. The first-order valence-electron chi connectivity index (χ1n) is 11.5. The number of hydrogen-bond donors (Lipinski definition) is 1. The second-order valence-electron chi connectivity index (χ2n) is 8.65. The Morgan fingerprint density at radius 2 is 1.65 bits per heavy atom. The average Bonchev–Trinajstić information content (AvgIpc) is 3.37. The molecule has 0 atom stereocenters. The van der Waals surface area contributed by atoms with Gasteiger partial charge in [-0.2, -0.15) is 0 Å². The van der Waals surface area contributed by atoms with Crippen molar-refractivity contribution in [3.63, 3.8) is 0 Å². The van der Waals surface area contributed by atoms with E-state index in [1.165, 1.54) is 18.2 Å². The SMILES string of the molecule is O=C(NS(=O)(=O)c1ccc(OCc2ccc(F)cc2F)cc1)c1cc(Cl)c(OCC2CCCC2)cc1F. The van der Waals surface area contributed by atoms with Gasteiger partial charge in [-0.1, -0.05) is 24.4 Å². The molecule has 3 aromatic rings. The number of hydrogen-bond acceptors (Lipinski definition) is 5. The molecule has 6 nitrogen and oxygen atoms in total. The minimum absolute atomic E-state index is 0.0129. The third-order valence-corrected chi connectivity index (χ3v) is 7.63. The average molecular weight is 554 g/mol. The molecular formula is C26H23ClF3NO5S. The molecular weight excluding hydrogens is 531 g/mol. The fourth-order valence-electron chi connectivity index (χ4n) is 3.95. The van der Waals surface area contributed by atoms with E-state index in [0.29, 0.717) is 12.5 Å². The largest absolute Gasteiger partial charge is 0.492 e. The van der Waals surface area contributed by atoms with Crippen LogP contribution in [0.15, 0.2) is 59.5 Å². The summed E-state index contributed by atoms with van der Waals surface area (Å²) >= 11 is 6.15. The molecule has 37 heavy (non-hydrogen) atoms. The number of sulfonamides is 1. The van der Waals surface area contributed by atoms with Crippen LogP contribution in [-0.4, -0.2) is 20.9 Å². The van der Waals surface area contributed by atoms with Crippen LogP contribution in [0.5, 0.6) is 11.5 Å². The fraction of sp³-hybridized carbons (Fsp3) is 0.269. The summed E-state index contributed by atoms with van der Waals surface area (Å²) in [6.45, 7) is 0.174. The van der Waals surface area contributed by atoms with Crippen LogP contribution in [0.3, 0.4) is 0 Å². The van der Waals surface area contributed by atoms with E-state index in [4.69, 9.17) is 21.1 Å². The zero-order valence-corrected chi connectivity index (χ0v) is 21.0. The van der Waals surface area contributed by atoms with E-state index in [2.05, 4.69) is 0 Å². The molecule has 1 fully saturated rings. The molecule has 0 spiro atoms. The molecule has 0 aliphatic heterocycles. The van der Waals surface area contributed by atoms with Gasteiger partial charge >= 0.3 is 0 Å². The Hall–Kier alpha value is -3.24. The summed E-state index contributed by atoms with van der Waals surface area (Å²) in [6, 6.07) is 9.97. The second-order valence-corrected chi connectivity index (χ2v) is 10.7. The van der Waals surface area contributed by atoms with E-state index >= 15 is 0 Å². The smallest absolute Gasteiger partial charge is 0.268 e. The van der Waals surface area contributed by atoms with Crippen molar-refractivity contribution in [3.8, 4) is 11.5 Å². The molecule has 196 valence electrons. The van der Waals surface area contributed by atoms with Crippen LogP contribution in [0.25, 0.3) is 0 Å². The van der Waals surface area contributed by atoms with E-state index in [9.17, 15) is 26.4 Å². The van der Waals surface area contributed by atoms with Gasteiger partial charge in [-0.05, 0) is 61.2 Å². The van der Waals surface area contributed by atoms with E-state index in [0.717, 1.165) is 62.1 Å². The third kappa shape index (κ3) is 6.75. The van der Waals surface area contributed by atoms with Gasteiger partial charge in [0.1, 0.15) is 35.6 Å².